The van der Waals surface area contributed by atoms with E-state index in [1.807, 2.05) is 30.3 Å². The van der Waals surface area contributed by atoms with Crippen molar-refractivity contribution in [2.45, 2.75) is 24.8 Å². The highest BCUT2D eigenvalue weighted by molar-refractivity contribution is 5.98. The molecule has 1 aliphatic rings. The number of H-pyrrole nitrogens is 1. The van der Waals surface area contributed by atoms with Crippen LogP contribution in [0, 0.1) is 0 Å². The molecular weight excluding hydrogens is 240 g/mol. The molecule has 0 spiro atoms. The molecule has 0 bridgehead atoms. The molecule has 1 aromatic carbocycles. The van der Waals surface area contributed by atoms with Gasteiger partial charge in [-0.25, -0.2) is 0 Å². The van der Waals surface area contributed by atoms with Crippen LogP contribution in [0.15, 0.2) is 36.5 Å². The minimum Gasteiger partial charge on any atom is -0.324 e. The Morgan fingerprint density at radius 1 is 1.26 bits per heavy atom. The number of benzene rings is 1. The summed E-state index contributed by atoms with van der Waals surface area (Å²) >= 11 is 0. The van der Waals surface area contributed by atoms with Gasteiger partial charge in [0.05, 0.1) is 11.2 Å². The molecule has 19 heavy (non-hydrogen) atoms. The Labute approximate surface area is 111 Å². The van der Waals surface area contributed by atoms with Crippen LogP contribution in [0.4, 0.5) is 5.69 Å². The van der Waals surface area contributed by atoms with E-state index in [2.05, 4.69) is 15.5 Å². The first kappa shape index (κ1) is 11.9. The van der Waals surface area contributed by atoms with Crippen LogP contribution < -0.4 is 11.1 Å². The summed E-state index contributed by atoms with van der Waals surface area (Å²) in [7, 11) is 0. The van der Waals surface area contributed by atoms with Gasteiger partial charge in [0.15, 0.2) is 0 Å². The van der Waals surface area contributed by atoms with Crippen molar-refractivity contribution in [3.05, 3.63) is 36.5 Å². The number of amides is 1. The molecule has 0 atom stereocenters. The number of nitrogens with zero attached hydrogens (tertiary/aromatic N) is 1. The van der Waals surface area contributed by atoms with Gasteiger partial charge in [0.2, 0.25) is 5.91 Å². The number of hydrogen-bond donors (Lipinski definition) is 3. The lowest BCUT2D eigenvalue weighted by Crippen LogP contribution is -2.56. The number of rotatable bonds is 3. The average molecular weight is 256 g/mol. The molecule has 0 aliphatic heterocycles. The summed E-state index contributed by atoms with van der Waals surface area (Å²) in [5.41, 5.74) is 8.06. The summed E-state index contributed by atoms with van der Waals surface area (Å²) in [6, 6.07) is 9.52. The van der Waals surface area contributed by atoms with Crippen molar-refractivity contribution >= 4 is 11.6 Å². The highest BCUT2D eigenvalue weighted by Crippen LogP contribution is 2.30. The zero-order valence-electron chi connectivity index (χ0n) is 10.5. The Bertz CT molecular complexity index is 570. The first-order valence-electron chi connectivity index (χ1n) is 6.38. The Morgan fingerprint density at radius 3 is 2.53 bits per heavy atom. The minimum absolute atomic E-state index is 0.0898. The van der Waals surface area contributed by atoms with Crippen molar-refractivity contribution in [2.24, 2.45) is 5.73 Å². The number of carbonyl (C=O) groups is 1. The third-order valence-electron chi connectivity index (χ3n) is 3.65. The van der Waals surface area contributed by atoms with Gasteiger partial charge in [-0.2, -0.15) is 5.10 Å². The second kappa shape index (κ2) is 4.51. The lowest BCUT2D eigenvalue weighted by atomic mass is 9.77. The average Bonchev–Trinajstić information content (AvgIpc) is 2.90. The quantitative estimate of drug-likeness (QED) is 0.784. The maximum absolute atomic E-state index is 12.0. The molecule has 1 aliphatic carbocycles. The van der Waals surface area contributed by atoms with E-state index in [9.17, 15) is 4.79 Å². The number of hydrogen-bond acceptors (Lipinski definition) is 3. The van der Waals surface area contributed by atoms with E-state index >= 15 is 0 Å². The van der Waals surface area contributed by atoms with Crippen molar-refractivity contribution in [2.75, 3.05) is 5.32 Å². The van der Waals surface area contributed by atoms with E-state index in [0.717, 1.165) is 36.2 Å². The molecule has 3 rings (SSSR count). The van der Waals surface area contributed by atoms with Crippen molar-refractivity contribution in [1.29, 1.82) is 0 Å². The van der Waals surface area contributed by atoms with E-state index in [1.165, 1.54) is 0 Å². The molecule has 1 heterocycles. The van der Waals surface area contributed by atoms with Gasteiger partial charge in [0.25, 0.3) is 0 Å². The zero-order valence-corrected chi connectivity index (χ0v) is 10.5. The van der Waals surface area contributed by atoms with Gasteiger partial charge >= 0.3 is 0 Å². The third-order valence-corrected chi connectivity index (χ3v) is 3.65. The zero-order chi connectivity index (χ0) is 13.3. The van der Waals surface area contributed by atoms with Crippen molar-refractivity contribution in [3.8, 4) is 11.3 Å². The van der Waals surface area contributed by atoms with E-state index in [4.69, 9.17) is 5.73 Å². The number of carbonyl (C=O) groups excluding carboxylic acids is 1. The standard InChI is InChI=1S/C14H16N4O/c15-14(7-1-8-14)13(19)17-11-4-2-10(3-5-11)12-6-9-16-18-12/h2-6,9H,1,7-8,15H2,(H,16,18)(H,17,19). The van der Waals surface area contributed by atoms with E-state index in [-0.39, 0.29) is 5.91 Å². The van der Waals surface area contributed by atoms with E-state index in [1.54, 1.807) is 6.20 Å². The number of aromatic amines is 1. The first-order chi connectivity index (χ1) is 9.17. The first-order valence-corrected chi connectivity index (χ1v) is 6.38. The summed E-state index contributed by atoms with van der Waals surface area (Å²) in [5.74, 6) is -0.0898. The van der Waals surface area contributed by atoms with Crippen LogP contribution in [0.1, 0.15) is 19.3 Å². The van der Waals surface area contributed by atoms with Crippen LogP contribution in [0.2, 0.25) is 0 Å². The topological polar surface area (TPSA) is 83.8 Å². The lowest BCUT2D eigenvalue weighted by Gasteiger charge is -2.36. The molecule has 4 N–H and O–H groups in total. The molecule has 1 fully saturated rings. The van der Waals surface area contributed by atoms with Gasteiger partial charge in [-0.3, -0.25) is 9.89 Å². The maximum Gasteiger partial charge on any atom is 0.244 e. The van der Waals surface area contributed by atoms with Crippen LogP contribution in [-0.4, -0.2) is 21.6 Å². The van der Waals surface area contributed by atoms with Gasteiger partial charge in [0, 0.05) is 11.9 Å². The molecule has 1 amide bonds. The summed E-state index contributed by atoms with van der Waals surface area (Å²) in [6.07, 6.45) is 4.28. The smallest absolute Gasteiger partial charge is 0.244 e. The fourth-order valence-electron chi connectivity index (χ4n) is 2.19. The molecule has 5 heteroatoms. The lowest BCUT2D eigenvalue weighted by molar-refractivity contribution is -0.123. The summed E-state index contributed by atoms with van der Waals surface area (Å²) in [5, 5.41) is 9.68. The molecule has 0 saturated heterocycles. The predicted molar refractivity (Wildman–Crippen MR) is 73.4 cm³/mol. The largest absolute Gasteiger partial charge is 0.324 e. The van der Waals surface area contributed by atoms with Gasteiger partial charge in [-0.1, -0.05) is 12.1 Å². The van der Waals surface area contributed by atoms with Crippen molar-refractivity contribution in [3.63, 3.8) is 0 Å². The summed E-state index contributed by atoms with van der Waals surface area (Å²) in [4.78, 5) is 12.0. The third kappa shape index (κ3) is 2.24. The van der Waals surface area contributed by atoms with Crippen LogP contribution >= 0.6 is 0 Å². The Hall–Kier alpha value is -2.14. The molecule has 5 nitrogen and oxygen atoms in total. The van der Waals surface area contributed by atoms with E-state index < -0.39 is 5.54 Å². The monoisotopic (exact) mass is 256 g/mol. The maximum atomic E-state index is 12.0. The fourth-order valence-corrected chi connectivity index (χ4v) is 2.19. The molecule has 98 valence electrons. The Balaban J connectivity index is 1.71. The van der Waals surface area contributed by atoms with Crippen LogP contribution in [0.25, 0.3) is 11.3 Å². The van der Waals surface area contributed by atoms with Gasteiger partial charge < -0.3 is 11.1 Å². The molecule has 1 saturated carbocycles. The number of nitrogens with one attached hydrogen (secondary N) is 2. The Kier molecular flexibility index (Phi) is 2.83. The molecule has 1 aromatic heterocycles. The molecule has 2 aromatic rings. The number of aromatic nitrogens is 2. The van der Waals surface area contributed by atoms with Gasteiger partial charge in [-0.15, -0.1) is 0 Å². The Morgan fingerprint density at radius 2 is 2.00 bits per heavy atom. The minimum atomic E-state index is -0.665. The fraction of sp³-hybridized carbons (Fsp3) is 0.286. The van der Waals surface area contributed by atoms with E-state index in [0.29, 0.717) is 0 Å². The highest BCUT2D eigenvalue weighted by atomic mass is 16.2. The molecule has 0 radical (unpaired) electrons. The normalized spacial score (nSPS) is 16.7. The van der Waals surface area contributed by atoms with Crippen LogP contribution in [-0.2, 0) is 4.79 Å². The van der Waals surface area contributed by atoms with Gasteiger partial charge in [0.1, 0.15) is 0 Å². The second-order valence-electron chi connectivity index (χ2n) is 5.01. The van der Waals surface area contributed by atoms with Crippen molar-refractivity contribution in [1.82, 2.24) is 10.2 Å². The molecular formula is C14H16N4O. The second-order valence-corrected chi connectivity index (χ2v) is 5.01. The number of nitrogens with two attached hydrogens (primary N) is 1. The molecule has 0 unspecified atom stereocenters. The highest BCUT2D eigenvalue weighted by Gasteiger charge is 2.40. The summed E-state index contributed by atoms with van der Waals surface area (Å²) < 4.78 is 0. The summed E-state index contributed by atoms with van der Waals surface area (Å²) in [6.45, 7) is 0. The van der Waals surface area contributed by atoms with Crippen molar-refractivity contribution < 1.29 is 4.79 Å². The van der Waals surface area contributed by atoms with Crippen LogP contribution in [0.5, 0.6) is 0 Å². The van der Waals surface area contributed by atoms with Gasteiger partial charge in [-0.05, 0) is 43.0 Å². The predicted octanol–water partition coefficient (Wildman–Crippen LogP) is 1.90. The number of anilines is 1. The van der Waals surface area contributed by atoms with Crippen LogP contribution in [0.3, 0.4) is 0 Å². The SMILES string of the molecule is NC1(C(=O)Nc2ccc(-c3ccn[nH]3)cc2)CCC1.